The topological polar surface area (TPSA) is 133 Å². The maximum absolute atomic E-state index is 12.5. The fraction of sp³-hybridized carbons (Fsp3) is 0.371. The lowest BCUT2D eigenvalue weighted by Crippen LogP contribution is -2.51. The normalized spacial score (nSPS) is 15.6. The van der Waals surface area contributed by atoms with Crippen LogP contribution in [0.5, 0.6) is 5.75 Å². The van der Waals surface area contributed by atoms with Gasteiger partial charge >= 0.3 is 0 Å². The van der Waals surface area contributed by atoms with Gasteiger partial charge < -0.3 is 35.3 Å². The summed E-state index contributed by atoms with van der Waals surface area (Å²) in [6, 6.07) is 11.9. The van der Waals surface area contributed by atoms with Crippen LogP contribution in [0.1, 0.15) is 43.5 Å². The van der Waals surface area contributed by atoms with E-state index < -0.39 is 0 Å². The highest BCUT2D eigenvalue weighted by atomic mass is 35.5. The molecule has 0 atom stereocenters. The van der Waals surface area contributed by atoms with Crippen molar-refractivity contribution in [1.29, 1.82) is 0 Å². The SMILES string of the molecule is C=CC(=O)Nc1cc(Nc2ncc(Cl)c(Nc3ccccc3OCc3nccn3C)n2)c(CO)cc1N1CCN(C2CCCCC2)CC1. The third-order valence-corrected chi connectivity index (χ3v) is 9.27. The fourth-order valence-electron chi connectivity index (χ4n) is 6.34. The largest absolute Gasteiger partial charge is 0.484 e. The molecule has 1 aliphatic carbocycles. The first kappa shape index (κ1) is 33.3. The molecule has 6 rings (SSSR count). The smallest absolute Gasteiger partial charge is 0.247 e. The van der Waals surface area contributed by atoms with Crippen LogP contribution in [0, 0.1) is 0 Å². The van der Waals surface area contributed by atoms with Crippen LogP contribution in [0.15, 0.2) is 67.6 Å². The maximum atomic E-state index is 12.5. The number of amides is 1. The van der Waals surface area contributed by atoms with Crippen molar-refractivity contribution in [3.05, 3.63) is 84.1 Å². The van der Waals surface area contributed by atoms with Gasteiger partial charge in [0.1, 0.15) is 23.2 Å². The first-order valence-electron chi connectivity index (χ1n) is 16.4. The number of hydrogen-bond donors (Lipinski definition) is 4. The minimum absolute atomic E-state index is 0.230. The Balaban J connectivity index is 1.21. The summed E-state index contributed by atoms with van der Waals surface area (Å²) in [4.78, 5) is 30.7. The number of piperazine rings is 1. The van der Waals surface area contributed by atoms with Crippen LogP contribution in [0.2, 0.25) is 5.02 Å². The Labute approximate surface area is 285 Å². The number of nitrogens with one attached hydrogen (secondary N) is 3. The minimum Gasteiger partial charge on any atom is -0.484 e. The van der Waals surface area contributed by atoms with E-state index in [2.05, 4.69) is 47.3 Å². The number of benzene rings is 2. The highest BCUT2D eigenvalue weighted by Gasteiger charge is 2.27. The molecule has 2 fully saturated rings. The number of carbonyl (C=O) groups is 1. The molecule has 4 N–H and O–H groups in total. The first-order valence-corrected chi connectivity index (χ1v) is 16.7. The summed E-state index contributed by atoms with van der Waals surface area (Å²) in [5.74, 6) is 1.67. The van der Waals surface area contributed by atoms with Crippen molar-refractivity contribution in [2.45, 2.75) is 51.4 Å². The second kappa shape index (κ2) is 15.5. The number of para-hydroxylation sites is 2. The lowest BCUT2D eigenvalue weighted by Gasteiger charge is -2.42. The summed E-state index contributed by atoms with van der Waals surface area (Å²) in [6.07, 6.45) is 12.8. The van der Waals surface area contributed by atoms with Gasteiger partial charge in [-0.3, -0.25) is 9.69 Å². The molecule has 252 valence electrons. The Kier molecular flexibility index (Phi) is 10.7. The Morgan fingerprint density at radius 1 is 1.06 bits per heavy atom. The van der Waals surface area contributed by atoms with Crippen LogP contribution >= 0.6 is 11.6 Å². The van der Waals surface area contributed by atoms with Crippen molar-refractivity contribution >= 4 is 52.0 Å². The van der Waals surface area contributed by atoms with Crippen LogP contribution in [0.3, 0.4) is 0 Å². The number of aliphatic hydroxyl groups is 1. The summed E-state index contributed by atoms with van der Waals surface area (Å²) in [7, 11) is 1.91. The molecule has 12 nitrogen and oxygen atoms in total. The summed E-state index contributed by atoms with van der Waals surface area (Å²) in [5, 5.41) is 20.2. The van der Waals surface area contributed by atoms with Gasteiger partial charge in [0.2, 0.25) is 11.9 Å². The number of ether oxygens (including phenoxy) is 1. The zero-order valence-electron chi connectivity index (χ0n) is 27.2. The number of imidazole rings is 1. The number of halogens is 1. The Hall–Kier alpha value is -4.65. The number of anilines is 6. The van der Waals surface area contributed by atoms with Crippen molar-refractivity contribution in [2.24, 2.45) is 7.05 Å². The second-order valence-electron chi connectivity index (χ2n) is 12.1. The van der Waals surface area contributed by atoms with E-state index in [-0.39, 0.29) is 25.1 Å². The van der Waals surface area contributed by atoms with E-state index in [0.29, 0.717) is 45.3 Å². The zero-order chi connectivity index (χ0) is 33.5. The van der Waals surface area contributed by atoms with Gasteiger partial charge in [0.15, 0.2) is 5.82 Å². The molecule has 13 heteroatoms. The predicted octanol–water partition coefficient (Wildman–Crippen LogP) is 6.00. The van der Waals surface area contributed by atoms with E-state index in [4.69, 9.17) is 16.3 Å². The molecule has 4 aromatic rings. The summed E-state index contributed by atoms with van der Waals surface area (Å²) in [6.45, 7) is 7.26. The van der Waals surface area contributed by atoms with Crippen molar-refractivity contribution in [3.63, 3.8) is 0 Å². The van der Waals surface area contributed by atoms with Gasteiger partial charge in [-0.05, 0) is 43.2 Å². The lowest BCUT2D eigenvalue weighted by molar-refractivity contribution is -0.111. The average molecular weight is 672 g/mol. The minimum atomic E-state index is -0.321. The van der Waals surface area contributed by atoms with Gasteiger partial charge in [0.25, 0.3) is 0 Å². The van der Waals surface area contributed by atoms with Crippen LogP contribution in [0.25, 0.3) is 0 Å². The van der Waals surface area contributed by atoms with E-state index in [1.54, 1.807) is 6.20 Å². The quantitative estimate of drug-likeness (QED) is 0.133. The summed E-state index contributed by atoms with van der Waals surface area (Å²) >= 11 is 6.53. The molecule has 1 saturated heterocycles. The Bertz CT molecular complexity index is 1730. The molecule has 48 heavy (non-hydrogen) atoms. The Morgan fingerprint density at radius 3 is 2.58 bits per heavy atom. The molecular formula is C35H42ClN9O3. The van der Waals surface area contributed by atoms with E-state index in [9.17, 15) is 9.90 Å². The molecule has 1 aliphatic heterocycles. The Morgan fingerprint density at radius 2 is 1.85 bits per heavy atom. The molecule has 1 saturated carbocycles. The lowest BCUT2D eigenvalue weighted by atomic mass is 9.94. The fourth-order valence-corrected chi connectivity index (χ4v) is 6.47. The number of hydrogen-bond acceptors (Lipinski definition) is 10. The third kappa shape index (κ3) is 7.89. The molecule has 0 bridgehead atoms. The molecule has 2 aromatic heterocycles. The summed E-state index contributed by atoms with van der Waals surface area (Å²) in [5.41, 5.74) is 3.31. The zero-order valence-corrected chi connectivity index (χ0v) is 27.9. The number of aromatic nitrogens is 4. The first-order chi connectivity index (χ1) is 23.4. The van der Waals surface area contributed by atoms with Crippen molar-refractivity contribution in [3.8, 4) is 5.75 Å². The van der Waals surface area contributed by atoms with E-state index in [1.807, 2.05) is 54.2 Å². The monoisotopic (exact) mass is 671 g/mol. The highest BCUT2D eigenvalue weighted by Crippen LogP contribution is 2.36. The third-order valence-electron chi connectivity index (χ3n) is 8.99. The number of aryl methyl sites for hydroxylation is 1. The molecule has 3 heterocycles. The second-order valence-corrected chi connectivity index (χ2v) is 12.5. The average Bonchev–Trinajstić information content (AvgIpc) is 3.54. The van der Waals surface area contributed by atoms with E-state index >= 15 is 0 Å². The van der Waals surface area contributed by atoms with Crippen molar-refractivity contribution < 1.29 is 14.6 Å². The van der Waals surface area contributed by atoms with Crippen LogP contribution in [-0.2, 0) is 25.1 Å². The van der Waals surface area contributed by atoms with Gasteiger partial charge in [-0.25, -0.2) is 9.97 Å². The molecule has 1 amide bonds. The van der Waals surface area contributed by atoms with Gasteiger partial charge in [-0.15, -0.1) is 0 Å². The molecule has 2 aromatic carbocycles. The van der Waals surface area contributed by atoms with Gasteiger partial charge in [0, 0.05) is 62.9 Å². The maximum Gasteiger partial charge on any atom is 0.247 e. The van der Waals surface area contributed by atoms with Crippen LogP contribution in [0.4, 0.5) is 34.5 Å². The number of rotatable bonds is 12. The van der Waals surface area contributed by atoms with Crippen molar-refractivity contribution in [2.75, 3.05) is 47.0 Å². The summed E-state index contributed by atoms with van der Waals surface area (Å²) < 4.78 is 7.96. The van der Waals surface area contributed by atoms with Gasteiger partial charge in [-0.1, -0.05) is 49.6 Å². The van der Waals surface area contributed by atoms with Crippen LogP contribution < -0.4 is 25.6 Å². The molecule has 2 aliphatic rings. The van der Waals surface area contributed by atoms with E-state index in [0.717, 1.165) is 37.7 Å². The highest BCUT2D eigenvalue weighted by molar-refractivity contribution is 6.33. The molecular weight excluding hydrogens is 630 g/mol. The predicted molar refractivity (Wildman–Crippen MR) is 189 cm³/mol. The number of aliphatic hydroxyl groups excluding tert-OH is 1. The molecule has 0 radical (unpaired) electrons. The van der Waals surface area contributed by atoms with Crippen LogP contribution in [-0.4, -0.2) is 67.7 Å². The van der Waals surface area contributed by atoms with E-state index in [1.165, 1.54) is 44.4 Å². The van der Waals surface area contributed by atoms with Gasteiger partial charge in [0.05, 0.1) is 29.9 Å². The van der Waals surface area contributed by atoms with Crippen molar-refractivity contribution in [1.82, 2.24) is 24.4 Å². The number of nitrogens with zero attached hydrogens (tertiary/aromatic N) is 6. The standard InChI is InChI=1S/C35H42ClN9O3/c1-3-33(47)39-29-20-28(24(22-46)19-30(29)45-17-15-44(16-18-45)25-9-5-4-6-10-25)41-35-38-21-26(36)34(42-35)40-27-11-7-8-12-31(27)48-23-32-37-13-14-43(32)2/h3,7-8,11-14,19-21,25,46H,1,4-6,9-10,15-18,22-23H2,2H3,(H,39,47)(H2,38,40,41,42). The van der Waals surface area contributed by atoms with Gasteiger partial charge in [-0.2, -0.15) is 4.98 Å². The number of carbonyl (C=O) groups excluding carboxylic acids is 1. The molecule has 0 spiro atoms. The molecule has 0 unspecified atom stereocenters.